The number of carbonyl (C=O) groups is 1. The highest BCUT2D eigenvalue weighted by molar-refractivity contribution is 5.71. The van der Waals surface area contributed by atoms with Crippen LogP contribution in [0.3, 0.4) is 0 Å². The molecule has 1 aromatic carbocycles. The third-order valence-electron chi connectivity index (χ3n) is 2.00. The van der Waals surface area contributed by atoms with Gasteiger partial charge in [0.25, 0.3) is 0 Å². The van der Waals surface area contributed by atoms with Gasteiger partial charge in [0.1, 0.15) is 5.75 Å². The van der Waals surface area contributed by atoms with Crippen molar-refractivity contribution in [1.29, 1.82) is 0 Å². The first-order chi connectivity index (χ1) is 7.10. The number of methoxy groups -OCH3 is 2. The number of carbonyl (C=O) groups excluding carboxylic acids is 1. The average Bonchev–Trinajstić information content (AvgIpc) is 2.18. The van der Waals surface area contributed by atoms with Crippen LogP contribution >= 0.6 is 0 Å². The molecule has 1 rings (SSSR count). The van der Waals surface area contributed by atoms with Crippen LogP contribution in [0.4, 0.5) is 0 Å². The van der Waals surface area contributed by atoms with E-state index in [1.54, 1.807) is 19.2 Å². The first kappa shape index (κ1) is 11.4. The first-order valence-electron chi connectivity index (χ1n) is 4.50. The highest BCUT2D eigenvalue weighted by Gasteiger charge is 2.13. The Hall–Kier alpha value is -1.71. The van der Waals surface area contributed by atoms with Gasteiger partial charge in [0.2, 0.25) is 0 Å². The summed E-state index contributed by atoms with van der Waals surface area (Å²) < 4.78 is 15.3. The van der Waals surface area contributed by atoms with Crippen molar-refractivity contribution in [2.45, 2.75) is 13.8 Å². The SMILES string of the molecule is COc1ccc(OC(C)=O)c(OC)c1C. The van der Waals surface area contributed by atoms with Gasteiger partial charge in [0, 0.05) is 12.5 Å². The van der Waals surface area contributed by atoms with Gasteiger partial charge in [-0.15, -0.1) is 0 Å². The molecule has 4 nitrogen and oxygen atoms in total. The Morgan fingerprint density at radius 2 is 1.73 bits per heavy atom. The number of esters is 1. The van der Waals surface area contributed by atoms with Gasteiger partial charge >= 0.3 is 5.97 Å². The van der Waals surface area contributed by atoms with Crippen LogP contribution in [0.15, 0.2) is 12.1 Å². The van der Waals surface area contributed by atoms with E-state index in [2.05, 4.69) is 0 Å². The van der Waals surface area contributed by atoms with Crippen LogP contribution in [0.2, 0.25) is 0 Å². The van der Waals surface area contributed by atoms with Gasteiger partial charge < -0.3 is 14.2 Å². The molecule has 0 fully saturated rings. The molecule has 0 unspecified atom stereocenters. The molecule has 0 amide bonds. The minimum Gasteiger partial charge on any atom is -0.496 e. The molecule has 4 heteroatoms. The zero-order valence-electron chi connectivity index (χ0n) is 9.29. The maximum Gasteiger partial charge on any atom is 0.308 e. The van der Waals surface area contributed by atoms with Gasteiger partial charge in [-0.05, 0) is 19.1 Å². The van der Waals surface area contributed by atoms with Crippen LogP contribution in [0.1, 0.15) is 12.5 Å². The predicted molar refractivity (Wildman–Crippen MR) is 55.6 cm³/mol. The number of rotatable bonds is 3. The van der Waals surface area contributed by atoms with Crippen molar-refractivity contribution in [3.63, 3.8) is 0 Å². The monoisotopic (exact) mass is 210 g/mol. The lowest BCUT2D eigenvalue weighted by molar-refractivity contribution is -0.132. The van der Waals surface area contributed by atoms with E-state index >= 15 is 0 Å². The highest BCUT2D eigenvalue weighted by Crippen LogP contribution is 2.36. The van der Waals surface area contributed by atoms with Crippen molar-refractivity contribution >= 4 is 5.97 Å². The fourth-order valence-corrected chi connectivity index (χ4v) is 1.36. The Morgan fingerprint density at radius 1 is 1.13 bits per heavy atom. The number of ether oxygens (including phenoxy) is 3. The normalized spacial score (nSPS) is 9.60. The average molecular weight is 210 g/mol. The molecule has 82 valence electrons. The van der Waals surface area contributed by atoms with Crippen molar-refractivity contribution in [3.8, 4) is 17.2 Å². The lowest BCUT2D eigenvalue weighted by atomic mass is 10.2. The van der Waals surface area contributed by atoms with Gasteiger partial charge in [0.05, 0.1) is 14.2 Å². The Labute approximate surface area is 88.8 Å². The fourth-order valence-electron chi connectivity index (χ4n) is 1.36. The maximum atomic E-state index is 10.8. The van der Waals surface area contributed by atoms with Gasteiger partial charge in [-0.1, -0.05) is 0 Å². The van der Waals surface area contributed by atoms with E-state index in [1.165, 1.54) is 14.0 Å². The minimum atomic E-state index is -0.377. The largest absolute Gasteiger partial charge is 0.496 e. The number of benzene rings is 1. The van der Waals surface area contributed by atoms with Crippen LogP contribution in [0.5, 0.6) is 17.2 Å². The predicted octanol–water partition coefficient (Wildman–Crippen LogP) is 1.94. The lowest BCUT2D eigenvalue weighted by Crippen LogP contribution is -2.04. The van der Waals surface area contributed by atoms with E-state index in [0.717, 1.165) is 5.56 Å². The molecule has 0 radical (unpaired) electrons. The molecular formula is C11H14O4. The van der Waals surface area contributed by atoms with E-state index in [1.807, 2.05) is 6.92 Å². The quantitative estimate of drug-likeness (QED) is 0.565. The summed E-state index contributed by atoms with van der Waals surface area (Å²) in [6.45, 7) is 3.18. The molecule has 0 spiro atoms. The first-order valence-corrected chi connectivity index (χ1v) is 4.50. The number of hydrogen-bond donors (Lipinski definition) is 0. The minimum absolute atomic E-state index is 0.377. The second-order valence-electron chi connectivity index (χ2n) is 3.02. The van der Waals surface area contributed by atoms with Crippen LogP contribution in [-0.2, 0) is 4.79 Å². The van der Waals surface area contributed by atoms with Gasteiger partial charge in [-0.3, -0.25) is 4.79 Å². The van der Waals surface area contributed by atoms with Crippen LogP contribution in [-0.4, -0.2) is 20.2 Å². The van der Waals surface area contributed by atoms with E-state index in [-0.39, 0.29) is 5.97 Å². The van der Waals surface area contributed by atoms with Crippen LogP contribution in [0.25, 0.3) is 0 Å². The summed E-state index contributed by atoms with van der Waals surface area (Å²) in [6, 6.07) is 3.38. The van der Waals surface area contributed by atoms with E-state index in [4.69, 9.17) is 14.2 Å². The van der Waals surface area contributed by atoms with Crippen molar-refractivity contribution in [2.24, 2.45) is 0 Å². The zero-order valence-corrected chi connectivity index (χ0v) is 9.29. The van der Waals surface area contributed by atoms with Crippen molar-refractivity contribution in [3.05, 3.63) is 17.7 Å². The van der Waals surface area contributed by atoms with Crippen molar-refractivity contribution < 1.29 is 19.0 Å². The van der Waals surface area contributed by atoms with Crippen molar-refractivity contribution in [1.82, 2.24) is 0 Å². The molecule has 0 aliphatic rings. The Morgan fingerprint density at radius 3 is 2.20 bits per heavy atom. The molecule has 0 atom stereocenters. The summed E-state index contributed by atoms with van der Waals surface area (Å²) in [5, 5.41) is 0. The molecule has 0 saturated heterocycles. The molecule has 1 aromatic rings. The summed E-state index contributed by atoms with van der Waals surface area (Å²) in [4.78, 5) is 10.8. The van der Waals surface area contributed by atoms with E-state index < -0.39 is 0 Å². The second kappa shape index (κ2) is 4.68. The van der Waals surface area contributed by atoms with Gasteiger partial charge in [-0.2, -0.15) is 0 Å². The van der Waals surface area contributed by atoms with Crippen LogP contribution < -0.4 is 14.2 Å². The standard InChI is InChI=1S/C11H14O4/c1-7-9(13-3)5-6-10(11(7)14-4)15-8(2)12/h5-6H,1-4H3. The zero-order chi connectivity index (χ0) is 11.4. The Balaban J connectivity index is 3.18. The molecule has 0 aromatic heterocycles. The van der Waals surface area contributed by atoms with E-state index in [0.29, 0.717) is 17.2 Å². The molecule has 0 heterocycles. The number of hydrogen-bond acceptors (Lipinski definition) is 4. The lowest BCUT2D eigenvalue weighted by Gasteiger charge is -2.13. The third-order valence-corrected chi connectivity index (χ3v) is 2.00. The maximum absolute atomic E-state index is 10.8. The Bertz CT molecular complexity index is 371. The third kappa shape index (κ3) is 2.40. The summed E-state index contributed by atoms with van der Waals surface area (Å²) in [5.74, 6) is 1.24. The van der Waals surface area contributed by atoms with Crippen LogP contribution in [0, 0.1) is 6.92 Å². The Kier molecular flexibility index (Phi) is 3.55. The van der Waals surface area contributed by atoms with Gasteiger partial charge in [0.15, 0.2) is 11.5 Å². The fraction of sp³-hybridized carbons (Fsp3) is 0.364. The van der Waals surface area contributed by atoms with E-state index in [9.17, 15) is 4.79 Å². The summed E-state index contributed by atoms with van der Waals surface area (Å²) in [5.41, 5.74) is 0.804. The molecule has 15 heavy (non-hydrogen) atoms. The van der Waals surface area contributed by atoms with Crippen molar-refractivity contribution in [2.75, 3.05) is 14.2 Å². The molecule has 0 bridgehead atoms. The molecule has 0 aliphatic heterocycles. The smallest absolute Gasteiger partial charge is 0.308 e. The summed E-state index contributed by atoms with van der Waals surface area (Å²) >= 11 is 0. The summed E-state index contributed by atoms with van der Waals surface area (Å²) in [6.07, 6.45) is 0. The highest BCUT2D eigenvalue weighted by atomic mass is 16.6. The second-order valence-corrected chi connectivity index (χ2v) is 3.02. The molecule has 0 N–H and O–H groups in total. The molecule has 0 saturated carbocycles. The molecular weight excluding hydrogens is 196 g/mol. The topological polar surface area (TPSA) is 44.8 Å². The summed E-state index contributed by atoms with van der Waals surface area (Å²) in [7, 11) is 3.10. The van der Waals surface area contributed by atoms with Gasteiger partial charge in [-0.25, -0.2) is 0 Å². The molecule has 0 aliphatic carbocycles.